The minimum absolute atomic E-state index is 0.00461. The minimum Gasteiger partial charge on any atom is -0.508 e. The molecule has 0 radical (unpaired) electrons. The zero-order valence-electron chi connectivity index (χ0n) is 18.2. The Morgan fingerprint density at radius 1 is 0.879 bits per heavy atom. The Balaban J connectivity index is 2.27. The summed E-state index contributed by atoms with van der Waals surface area (Å²) >= 11 is 7.19. The number of esters is 1. The summed E-state index contributed by atoms with van der Waals surface area (Å²) in [6.45, 7) is 7.02. The summed E-state index contributed by atoms with van der Waals surface area (Å²) in [6, 6.07) is 7.44. The molecule has 1 heterocycles. The van der Waals surface area contributed by atoms with Crippen LogP contribution in [-0.4, -0.2) is 27.3 Å². The average Bonchev–Trinajstić information content (AvgIpc) is 3.02. The van der Waals surface area contributed by atoms with Crippen molar-refractivity contribution in [1.82, 2.24) is 0 Å². The van der Waals surface area contributed by atoms with Crippen molar-refractivity contribution in [3.63, 3.8) is 0 Å². The van der Waals surface area contributed by atoms with Crippen molar-refractivity contribution in [3.8, 4) is 11.5 Å². The lowest BCUT2D eigenvalue weighted by molar-refractivity contribution is 0.0243. The zero-order chi connectivity index (χ0) is 24.4. The van der Waals surface area contributed by atoms with Crippen LogP contribution >= 0.6 is 31.9 Å². The van der Waals surface area contributed by atoms with Crippen LogP contribution in [-0.2, 0) is 10.3 Å². The predicted molar refractivity (Wildman–Crippen MR) is 129 cm³/mol. The quantitative estimate of drug-likeness (QED) is 0.330. The Morgan fingerprint density at radius 2 is 1.36 bits per heavy atom. The molecule has 0 fully saturated rings. The Hall–Kier alpha value is -2.84. The van der Waals surface area contributed by atoms with Crippen molar-refractivity contribution in [2.45, 2.75) is 33.3 Å². The number of aryl methyl sites for hydroxylation is 2. The predicted octanol–water partition coefficient (Wildman–Crippen LogP) is 6.02. The van der Waals surface area contributed by atoms with Gasteiger partial charge in [0, 0.05) is 36.8 Å². The van der Waals surface area contributed by atoms with Gasteiger partial charge in [-0.2, -0.15) is 0 Å². The normalized spacial score (nSPS) is 14.2. The summed E-state index contributed by atoms with van der Waals surface area (Å²) in [4.78, 5) is 25.0. The summed E-state index contributed by atoms with van der Waals surface area (Å²) in [6.07, 6.45) is 0. The molecule has 1 aliphatic rings. The molecule has 8 heteroatoms. The molecular formula is C25H20Br2O6. The van der Waals surface area contributed by atoms with E-state index in [0.717, 1.165) is 0 Å². The van der Waals surface area contributed by atoms with Crippen LogP contribution in [0, 0.1) is 27.7 Å². The monoisotopic (exact) mass is 574 g/mol. The van der Waals surface area contributed by atoms with E-state index in [2.05, 4.69) is 31.9 Å². The molecule has 0 atom stereocenters. The van der Waals surface area contributed by atoms with E-state index in [-0.39, 0.29) is 22.6 Å². The molecule has 0 amide bonds. The largest absolute Gasteiger partial charge is 0.508 e. The van der Waals surface area contributed by atoms with E-state index in [1.165, 1.54) is 18.2 Å². The molecule has 1 aliphatic heterocycles. The molecule has 0 unspecified atom stereocenters. The van der Waals surface area contributed by atoms with Gasteiger partial charge < -0.3 is 20.1 Å². The van der Waals surface area contributed by atoms with Gasteiger partial charge in [-0.3, -0.25) is 0 Å². The molecule has 0 bridgehead atoms. The van der Waals surface area contributed by atoms with Gasteiger partial charge in [0.05, 0.1) is 11.1 Å². The number of hydrogen-bond donors (Lipinski definition) is 3. The molecule has 4 rings (SSSR count). The highest BCUT2D eigenvalue weighted by atomic mass is 79.9. The fraction of sp³-hybridized carbons (Fsp3) is 0.200. The molecule has 0 saturated carbocycles. The number of benzene rings is 3. The van der Waals surface area contributed by atoms with Gasteiger partial charge in [-0.05, 0) is 101 Å². The maximum Gasteiger partial charge on any atom is 0.340 e. The van der Waals surface area contributed by atoms with E-state index in [1.807, 2.05) is 0 Å². The molecule has 3 aromatic carbocycles. The molecular weight excluding hydrogens is 556 g/mol. The molecule has 33 heavy (non-hydrogen) atoms. The summed E-state index contributed by atoms with van der Waals surface area (Å²) < 4.78 is 7.24. The van der Waals surface area contributed by atoms with E-state index in [1.54, 1.807) is 39.8 Å². The number of carboxylic acids is 1. The number of carbonyl (C=O) groups is 2. The number of carboxylic acid groups (broad SMARTS) is 1. The van der Waals surface area contributed by atoms with E-state index in [9.17, 15) is 24.9 Å². The highest BCUT2D eigenvalue weighted by Crippen LogP contribution is 2.55. The first-order valence-corrected chi connectivity index (χ1v) is 11.6. The van der Waals surface area contributed by atoms with Crippen molar-refractivity contribution >= 4 is 43.8 Å². The lowest BCUT2D eigenvalue weighted by atomic mass is 9.75. The lowest BCUT2D eigenvalue weighted by Crippen LogP contribution is -2.33. The number of cyclic esters (lactones) is 1. The molecule has 0 spiro atoms. The van der Waals surface area contributed by atoms with Crippen LogP contribution in [0.1, 0.15) is 59.7 Å². The van der Waals surface area contributed by atoms with Gasteiger partial charge in [0.15, 0.2) is 5.60 Å². The molecule has 170 valence electrons. The molecule has 0 aliphatic carbocycles. The number of phenolic OH excluding ortho intramolecular Hbond substituents is 2. The molecule has 0 saturated heterocycles. The van der Waals surface area contributed by atoms with Gasteiger partial charge in [0.1, 0.15) is 11.5 Å². The first kappa shape index (κ1) is 23.3. The van der Waals surface area contributed by atoms with Gasteiger partial charge >= 0.3 is 11.9 Å². The fourth-order valence-electron chi connectivity index (χ4n) is 4.47. The third kappa shape index (κ3) is 3.27. The van der Waals surface area contributed by atoms with Crippen molar-refractivity contribution < 1.29 is 29.6 Å². The topological polar surface area (TPSA) is 104 Å². The number of carbonyl (C=O) groups excluding carboxylic acids is 1. The van der Waals surface area contributed by atoms with Crippen molar-refractivity contribution in [2.24, 2.45) is 0 Å². The van der Waals surface area contributed by atoms with Crippen molar-refractivity contribution in [3.05, 3.63) is 89.3 Å². The van der Waals surface area contributed by atoms with Gasteiger partial charge in [-0.25, -0.2) is 9.59 Å². The third-order valence-corrected chi connectivity index (χ3v) is 8.16. The first-order valence-electron chi connectivity index (χ1n) is 10.0. The SMILES string of the molecule is Cc1cc(O)c(C)c(Br)c1C1(c2c(C)cc(O)c(C)c2Br)OC(=O)c2ccc(C(=O)O)cc21. The molecule has 3 N–H and O–H groups in total. The molecule has 6 nitrogen and oxygen atoms in total. The second-order valence-electron chi connectivity index (χ2n) is 8.19. The Labute approximate surface area is 207 Å². The zero-order valence-corrected chi connectivity index (χ0v) is 21.4. The smallest absolute Gasteiger partial charge is 0.340 e. The number of halogens is 2. The number of hydrogen-bond acceptors (Lipinski definition) is 5. The second kappa shape index (κ2) is 7.88. The number of ether oxygens (including phenoxy) is 1. The van der Waals surface area contributed by atoms with E-state index >= 15 is 0 Å². The maximum absolute atomic E-state index is 13.2. The number of aromatic hydroxyl groups is 2. The van der Waals surface area contributed by atoms with Crippen molar-refractivity contribution in [1.29, 1.82) is 0 Å². The van der Waals surface area contributed by atoms with Gasteiger partial charge in [0.25, 0.3) is 0 Å². The van der Waals surface area contributed by atoms with E-state index < -0.39 is 17.5 Å². The lowest BCUT2D eigenvalue weighted by Gasteiger charge is -2.35. The minimum atomic E-state index is -1.54. The van der Waals surface area contributed by atoms with Crippen LogP contribution in [0.5, 0.6) is 11.5 Å². The summed E-state index contributed by atoms with van der Waals surface area (Å²) in [7, 11) is 0. The summed E-state index contributed by atoms with van der Waals surface area (Å²) in [5.74, 6) is -1.60. The van der Waals surface area contributed by atoms with Crippen LogP contribution < -0.4 is 0 Å². The van der Waals surface area contributed by atoms with Crippen LogP contribution in [0.2, 0.25) is 0 Å². The fourth-order valence-corrected chi connectivity index (χ4v) is 6.06. The highest BCUT2D eigenvalue weighted by molar-refractivity contribution is 9.11. The second-order valence-corrected chi connectivity index (χ2v) is 9.78. The van der Waals surface area contributed by atoms with Crippen LogP contribution in [0.25, 0.3) is 0 Å². The van der Waals surface area contributed by atoms with Crippen LogP contribution in [0.3, 0.4) is 0 Å². The Kier molecular flexibility index (Phi) is 5.57. The number of rotatable bonds is 3. The summed E-state index contributed by atoms with van der Waals surface area (Å²) in [5.41, 5.74) is 2.53. The highest BCUT2D eigenvalue weighted by Gasteiger charge is 2.53. The standard InChI is InChI=1S/C25H20Br2O6/c1-10-7-17(28)12(3)21(26)19(10)25(20-11(2)8-18(29)13(4)22(20)27)16-9-14(23(30)31)5-6-15(16)24(32)33-25/h5-9,28-29H,1-4H3,(H,30,31). The van der Waals surface area contributed by atoms with Crippen LogP contribution in [0.15, 0.2) is 39.3 Å². The number of fused-ring (bicyclic) bond motifs is 1. The Morgan fingerprint density at radius 3 is 1.82 bits per heavy atom. The maximum atomic E-state index is 13.2. The average molecular weight is 576 g/mol. The van der Waals surface area contributed by atoms with Gasteiger partial charge in [-0.15, -0.1) is 0 Å². The van der Waals surface area contributed by atoms with Gasteiger partial charge in [-0.1, -0.05) is 0 Å². The Bertz CT molecular complexity index is 1310. The molecule has 3 aromatic rings. The van der Waals surface area contributed by atoms with Gasteiger partial charge in [0.2, 0.25) is 0 Å². The van der Waals surface area contributed by atoms with Crippen LogP contribution in [0.4, 0.5) is 0 Å². The van der Waals surface area contributed by atoms with E-state index in [0.29, 0.717) is 47.9 Å². The third-order valence-electron chi connectivity index (χ3n) is 6.18. The number of aromatic carboxylic acids is 1. The molecule has 0 aromatic heterocycles. The summed E-state index contributed by atoms with van der Waals surface area (Å²) in [5, 5.41) is 30.5. The first-order chi connectivity index (χ1) is 15.4. The van der Waals surface area contributed by atoms with Crippen molar-refractivity contribution in [2.75, 3.05) is 0 Å². The van der Waals surface area contributed by atoms with E-state index in [4.69, 9.17) is 4.74 Å². The number of phenols is 2.